The summed E-state index contributed by atoms with van der Waals surface area (Å²) in [4.78, 5) is 0. The molecule has 0 amide bonds. The van der Waals surface area contributed by atoms with E-state index < -0.39 is 16.1 Å². The van der Waals surface area contributed by atoms with Crippen molar-refractivity contribution in [3.05, 3.63) is 128 Å². The van der Waals surface area contributed by atoms with E-state index in [1.807, 2.05) is 0 Å². The summed E-state index contributed by atoms with van der Waals surface area (Å²) in [6, 6.07) is 18.8. The number of rotatable bonds is 6. The Kier molecular flexibility index (Phi) is 7.60. The van der Waals surface area contributed by atoms with E-state index in [0.29, 0.717) is 56.9 Å². The maximum Gasteiger partial charge on any atom is 0.146 e. The first-order valence-electron chi connectivity index (χ1n) is 21.0. The zero-order valence-electron chi connectivity index (χ0n) is 34.6. The highest BCUT2D eigenvalue weighted by molar-refractivity contribution is 6.91. The van der Waals surface area contributed by atoms with Crippen LogP contribution in [-0.4, -0.2) is 16.1 Å². The van der Waals surface area contributed by atoms with Crippen molar-refractivity contribution in [2.45, 2.75) is 158 Å². The summed E-state index contributed by atoms with van der Waals surface area (Å²) >= 11 is 0. The van der Waals surface area contributed by atoms with Crippen molar-refractivity contribution in [1.29, 1.82) is 0 Å². The van der Waals surface area contributed by atoms with Crippen LogP contribution in [0.15, 0.2) is 72.3 Å². The Morgan fingerprint density at radius 3 is 1.34 bits per heavy atom. The van der Waals surface area contributed by atoms with Crippen molar-refractivity contribution >= 4 is 16.1 Å². The third-order valence-corrected chi connectivity index (χ3v) is 28.9. The summed E-state index contributed by atoms with van der Waals surface area (Å²) in [5.41, 5.74) is 29.0. The smallest absolute Gasteiger partial charge is 0.125 e. The van der Waals surface area contributed by atoms with Crippen molar-refractivity contribution in [3.63, 3.8) is 0 Å². The lowest BCUT2D eigenvalue weighted by atomic mass is 9.46. The molecule has 272 valence electrons. The van der Waals surface area contributed by atoms with Crippen molar-refractivity contribution < 1.29 is 0 Å². The van der Waals surface area contributed by atoms with Crippen LogP contribution >= 0.6 is 0 Å². The molecule has 6 aliphatic carbocycles. The van der Waals surface area contributed by atoms with Gasteiger partial charge in [0.1, 0.15) is 16.1 Å². The van der Waals surface area contributed by atoms with Gasteiger partial charge in [-0.2, -0.15) is 0 Å². The lowest BCUT2D eigenvalue weighted by molar-refractivity contribution is 0.349. The normalized spacial score (nSPS) is 27.5. The second-order valence-corrected chi connectivity index (χ2v) is 30.9. The van der Waals surface area contributed by atoms with Gasteiger partial charge in [-0.15, -0.1) is 11.1 Å². The van der Waals surface area contributed by atoms with Crippen LogP contribution in [0.2, 0.25) is 33.2 Å². The van der Waals surface area contributed by atoms with Gasteiger partial charge in [0.2, 0.25) is 0 Å². The van der Waals surface area contributed by atoms with Crippen LogP contribution in [0.25, 0.3) is 0 Å². The van der Waals surface area contributed by atoms with E-state index in [2.05, 4.69) is 180 Å². The van der Waals surface area contributed by atoms with Crippen molar-refractivity contribution in [3.8, 4) is 22.9 Å². The molecule has 3 aromatic carbocycles. The molecule has 0 saturated carbocycles. The van der Waals surface area contributed by atoms with E-state index in [0.717, 1.165) is 0 Å². The number of fused-ring (bicyclic) bond motifs is 10. The fraction of sp³-hybridized carbons (Fsp3) is 0.490. The van der Waals surface area contributed by atoms with Gasteiger partial charge in [0.15, 0.2) is 0 Å². The second-order valence-electron chi connectivity index (χ2n) is 19.8. The lowest BCUT2D eigenvalue weighted by Crippen LogP contribution is -2.48. The highest BCUT2D eigenvalue weighted by Crippen LogP contribution is 2.79. The molecule has 0 fully saturated rings. The summed E-state index contributed by atoms with van der Waals surface area (Å²) < 4.78 is 0. The summed E-state index contributed by atoms with van der Waals surface area (Å²) in [7, 11) is -4.03. The monoisotopic (exact) mass is 728 g/mol. The molecule has 0 heterocycles. The molecule has 0 saturated heterocycles. The molecule has 0 aromatic heterocycles. The largest absolute Gasteiger partial charge is 0.146 e. The van der Waals surface area contributed by atoms with E-state index in [1.54, 1.807) is 33.4 Å². The summed E-state index contributed by atoms with van der Waals surface area (Å²) in [5, 5.41) is 0. The minimum Gasteiger partial charge on any atom is -0.125 e. The second kappa shape index (κ2) is 11.4. The predicted molar refractivity (Wildman–Crippen MR) is 231 cm³/mol. The standard InChI is InChI=1S/C51H60Si2/c1-29(2)52(30(3)4,31(5)6)26-23-38-43-42-22-25-50(42)40-20-16-14-18-36(40)48(50)44(43)39(24-27-53(32(7)8,33(9)10)34(11)12)46-45(38)47-35(13)28-51(47)41-21-17-15-19-37(41)49(46)51/h14-22,25,28-34,42,47-49H,1-13H3. The van der Waals surface area contributed by atoms with Gasteiger partial charge in [-0.1, -0.05) is 167 Å². The molecule has 9 rings (SSSR count). The van der Waals surface area contributed by atoms with Crippen LogP contribution in [-0.2, 0) is 10.8 Å². The van der Waals surface area contributed by atoms with Gasteiger partial charge in [-0.3, -0.25) is 0 Å². The Hall–Kier alpha value is -3.31. The number of hydrogen-bond acceptors (Lipinski definition) is 0. The zero-order chi connectivity index (χ0) is 37.7. The lowest BCUT2D eigenvalue weighted by Gasteiger charge is -2.55. The Morgan fingerprint density at radius 2 is 0.906 bits per heavy atom. The maximum atomic E-state index is 4.32. The van der Waals surface area contributed by atoms with Crippen molar-refractivity contribution in [1.82, 2.24) is 0 Å². The Morgan fingerprint density at radius 1 is 0.509 bits per heavy atom. The molecule has 0 bridgehead atoms. The topological polar surface area (TPSA) is 0 Å². The minimum atomic E-state index is -2.02. The summed E-state index contributed by atoms with van der Waals surface area (Å²) in [5.74, 6) is 10.0. The molecule has 6 atom stereocenters. The molecule has 3 aromatic rings. The van der Waals surface area contributed by atoms with E-state index >= 15 is 0 Å². The third-order valence-electron chi connectivity index (χ3n) is 16.3. The van der Waals surface area contributed by atoms with E-state index in [4.69, 9.17) is 0 Å². The van der Waals surface area contributed by atoms with Crippen molar-refractivity contribution in [2.24, 2.45) is 0 Å². The Labute approximate surface area is 323 Å². The fourth-order valence-electron chi connectivity index (χ4n) is 14.3. The SMILES string of the molecule is CC1=CC23c4ccccc4C2c2c(C#C[Si](C(C)C)(C(C)C)C(C)C)c4c(c(C#C[Si](C(C)C)(C(C)C)C(C)C)c2C13)C1C=CC12c1ccccc1C42. The van der Waals surface area contributed by atoms with E-state index in [9.17, 15) is 0 Å². The molecule has 6 aliphatic rings. The minimum absolute atomic E-state index is 0.0420. The average Bonchev–Trinajstić information content (AvgIpc) is 3.37. The first kappa shape index (κ1) is 35.4. The quantitative estimate of drug-likeness (QED) is 0.135. The Balaban J connectivity index is 1.44. The van der Waals surface area contributed by atoms with Gasteiger partial charge >= 0.3 is 0 Å². The molecular weight excluding hydrogens is 669 g/mol. The molecular formula is C51H60Si2. The van der Waals surface area contributed by atoms with Gasteiger partial charge in [0, 0.05) is 45.6 Å². The molecule has 0 aliphatic heterocycles. The van der Waals surface area contributed by atoms with Gasteiger partial charge in [-0.25, -0.2) is 0 Å². The summed E-state index contributed by atoms with van der Waals surface area (Å²) in [6.07, 6.45) is 7.78. The molecule has 53 heavy (non-hydrogen) atoms. The maximum absolute atomic E-state index is 4.32. The molecule has 2 heteroatoms. The van der Waals surface area contributed by atoms with Crippen LogP contribution in [0, 0.1) is 22.9 Å². The van der Waals surface area contributed by atoms with Gasteiger partial charge in [0.25, 0.3) is 0 Å². The van der Waals surface area contributed by atoms with Crippen LogP contribution in [0.1, 0.15) is 169 Å². The van der Waals surface area contributed by atoms with Crippen LogP contribution < -0.4 is 0 Å². The van der Waals surface area contributed by atoms with Gasteiger partial charge in [0.05, 0.1) is 0 Å². The van der Waals surface area contributed by atoms with Crippen molar-refractivity contribution in [2.75, 3.05) is 0 Å². The number of benzene rings is 3. The Bertz CT molecular complexity index is 2240. The first-order valence-corrected chi connectivity index (χ1v) is 25.5. The van der Waals surface area contributed by atoms with E-state index in [-0.39, 0.29) is 10.8 Å². The molecule has 0 N–H and O–H groups in total. The highest BCUT2D eigenvalue weighted by atomic mass is 28.3. The fourth-order valence-corrected chi connectivity index (χ4v) is 24.7. The molecule has 0 radical (unpaired) electrons. The molecule has 0 nitrogen and oxygen atoms in total. The average molecular weight is 729 g/mol. The first-order chi connectivity index (χ1) is 25.1. The molecule has 2 spiro atoms. The highest BCUT2D eigenvalue weighted by Gasteiger charge is 2.70. The number of hydrogen-bond donors (Lipinski definition) is 0. The third kappa shape index (κ3) is 3.87. The number of allylic oxidation sites excluding steroid dienone is 4. The predicted octanol–water partition coefficient (Wildman–Crippen LogP) is 13.3. The summed E-state index contributed by atoms with van der Waals surface area (Å²) in [6.45, 7) is 32.0. The van der Waals surface area contributed by atoms with Gasteiger partial charge < -0.3 is 0 Å². The zero-order valence-corrected chi connectivity index (χ0v) is 36.6. The van der Waals surface area contributed by atoms with Crippen LogP contribution in [0.4, 0.5) is 0 Å². The van der Waals surface area contributed by atoms with Gasteiger partial charge in [-0.05, 0) is 84.7 Å². The van der Waals surface area contributed by atoms with Crippen LogP contribution in [0.5, 0.6) is 0 Å². The van der Waals surface area contributed by atoms with Crippen LogP contribution in [0.3, 0.4) is 0 Å². The van der Waals surface area contributed by atoms with E-state index in [1.165, 1.54) is 27.8 Å². The molecule has 6 unspecified atom stereocenters.